The standard InChI is InChI=1S/C12H13BrF3NO3/c1-20-6-8(5-18)17-11(19)9-3-2-7(13)4-10(9)12(14,15)16/h2-4,8,18H,5-6H2,1H3,(H,17,19). The monoisotopic (exact) mass is 355 g/mol. The molecule has 4 nitrogen and oxygen atoms in total. The first-order valence-electron chi connectivity index (χ1n) is 5.57. The van der Waals surface area contributed by atoms with Crippen LogP contribution in [0.15, 0.2) is 22.7 Å². The van der Waals surface area contributed by atoms with E-state index in [4.69, 9.17) is 9.84 Å². The summed E-state index contributed by atoms with van der Waals surface area (Å²) in [5, 5.41) is 11.3. The van der Waals surface area contributed by atoms with Gasteiger partial charge in [0.25, 0.3) is 5.91 Å². The van der Waals surface area contributed by atoms with Crippen molar-refractivity contribution >= 4 is 21.8 Å². The highest BCUT2D eigenvalue weighted by Gasteiger charge is 2.35. The van der Waals surface area contributed by atoms with E-state index in [0.717, 1.165) is 12.1 Å². The number of carbonyl (C=O) groups is 1. The Morgan fingerprint density at radius 1 is 1.50 bits per heavy atom. The van der Waals surface area contributed by atoms with Crippen LogP contribution in [-0.2, 0) is 10.9 Å². The van der Waals surface area contributed by atoms with Crippen molar-refractivity contribution in [1.29, 1.82) is 0 Å². The van der Waals surface area contributed by atoms with Gasteiger partial charge in [-0.1, -0.05) is 15.9 Å². The van der Waals surface area contributed by atoms with Crippen molar-refractivity contribution in [2.24, 2.45) is 0 Å². The van der Waals surface area contributed by atoms with Gasteiger partial charge in [-0.3, -0.25) is 4.79 Å². The number of hydrogen-bond acceptors (Lipinski definition) is 3. The number of aliphatic hydroxyl groups is 1. The third-order valence-corrected chi connectivity index (χ3v) is 2.95. The van der Waals surface area contributed by atoms with E-state index < -0.39 is 35.9 Å². The van der Waals surface area contributed by atoms with Gasteiger partial charge in [0.05, 0.1) is 30.4 Å². The van der Waals surface area contributed by atoms with Crippen molar-refractivity contribution in [3.05, 3.63) is 33.8 Å². The zero-order chi connectivity index (χ0) is 15.3. The summed E-state index contributed by atoms with van der Waals surface area (Å²) >= 11 is 2.94. The minimum atomic E-state index is -4.65. The predicted molar refractivity (Wildman–Crippen MR) is 69.4 cm³/mol. The minimum absolute atomic E-state index is 0.000118. The predicted octanol–water partition coefficient (Wildman–Crippen LogP) is 2.21. The van der Waals surface area contributed by atoms with Crippen LogP contribution in [0.5, 0.6) is 0 Å². The third kappa shape index (κ3) is 4.46. The molecular formula is C12H13BrF3NO3. The number of methoxy groups -OCH3 is 1. The number of alkyl halides is 3. The smallest absolute Gasteiger partial charge is 0.394 e. The molecule has 0 fully saturated rings. The fourth-order valence-electron chi connectivity index (χ4n) is 1.55. The molecule has 0 aliphatic carbocycles. The van der Waals surface area contributed by atoms with Crippen LogP contribution in [0.1, 0.15) is 15.9 Å². The van der Waals surface area contributed by atoms with Gasteiger partial charge in [0.1, 0.15) is 0 Å². The molecule has 2 N–H and O–H groups in total. The Balaban J connectivity index is 3.04. The maximum absolute atomic E-state index is 12.9. The molecule has 1 amide bonds. The van der Waals surface area contributed by atoms with E-state index in [1.807, 2.05) is 0 Å². The average molecular weight is 356 g/mol. The fourth-order valence-corrected chi connectivity index (χ4v) is 1.91. The Hall–Kier alpha value is -1.12. The van der Waals surface area contributed by atoms with E-state index in [0.29, 0.717) is 0 Å². The maximum atomic E-state index is 12.9. The SMILES string of the molecule is COCC(CO)NC(=O)c1ccc(Br)cc1C(F)(F)F. The molecule has 0 aromatic heterocycles. The van der Waals surface area contributed by atoms with Crippen LogP contribution in [0.3, 0.4) is 0 Å². The number of aliphatic hydroxyl groups excluding tert-OH is 1. The Labute approximate surface area is 122 Å². The molecule has 1 aromatic rings. The van der Waals surface area contributed by atoms with E-state index in [2.05, 4.69) is 21.2 Å². The lowest BCUT2D eigenvalue weighted by molar-refractivity contribution is -0.138. The summed E-state index contributed by atoms with van der Waals surface area (Å²) in [7, 11) is 1.36. The molecule has 0 saturated carbocycles. The summed E-state index contributed by atoms with van der Waals surface area (Å²) in [5.41, 5.74) is -1.55. The van der Waals surface area contributed by atoms with E-state index in [1.165, 1.54) is 13.2 Å². The second-order valence-electron chi connectivity index (χ2n) is 4.00. The topological polar surface area (TPSA) is 58.6 Å². The van der Waals surface area contributed by atoms with Crippen LogP contribution < -0.4 is 5.32 Å². The molecule has 20 heavy (non-hydrogen) atoms. The lowest BCUT2D eigenvalue weighted by Crippen LogP contribution is -2.41. The van der Waals surface area contributed by atoms with Crippen LogP contribution in [-0.4, -0.2) is 37.4 Å². The maximum Gasteiger partial charge on any atom is 0.417 e. The van der Waals surface area contributed by atoms with E-state index >= 15 is 0 Å². The van der Waals surface area contributed by atoms with Crippen molar-refractivity contribution in [3.63, 3.8) is 0 Å². The summed E-state index contributed by atoms with van der Waals surface area (Å²) in [6.45, 7) is -0.433. The number of amides is 1. The number of halogens is 4. The largest absolute Gasteiger partial charge is 0.417 e. The quantitative estimate of drug-likeness (QED) is 0.851. The summed E-state index contributed by atoms with van der Waals surface area (Å²) in [4.78, 5) is 11.9. The zero-order valence-corrected chi connectivity index (χ0v) is 12.1. The van der Waals surface area contributed by atoms with Crippen molar-refractivity contribution in [3.8, 4) is 0 Å². The van der Waals surface area contributed by atoms with E-state index in [-0.39, 0.29) is 11.1 Å². The second kappa shape index (κ2) is 7.05. The summed E-state index contributed by atoms with van der Waals surface area (Å²) in [5.74, 6) is -0.916. The first-order chi connectivity index (χ1) is 9.29. The van der Waals surface area contributed by atoms with Crippen LogP contribution in [0, 0.1) is 0 Å². The van der Waals surface area contributed by atoms with Crippen molar-refractivity contribution < 1.29 is 27.8 Å². The normalized spacial score (nSPS) is 13.1. The molecule has 1 unspecified atom stereocenters. The summed E-state index contributed by atoms with van der Waals surface area (Å²) in [6, 6.07) is 2.48. The van der Waals surface area contributed by atoms with E-state index in [1.54, 1.807) is 0 Å². The Kier molecular flexibility index (Phi) is 5.97. The highest BCUT2D eigenvalue weighted by Crippen LogP contribution is 2.33. The fraction of sp³-hybridized carbons (Fsp3) is 0.417. The molecule has 0 aliphatic heterocycles. The van der Waals surface area contributed by atoms with Gasteiger partial charge in [0.15, 0.2) is 0 Å². The van der Waals surface area contributed by atoms with Gasteiger partial charge in [0.2, 0.25) is 0 Å². The molecule has 0 bridgehead atoms. The molecule has 1 aromatic carbocycles. The Morgan fingerprint density at radius 2 is 2.15 bits per heavy atom. The molecule has 0 saturated heterocycles. The molecule has 1 rings (SSSR count). The number of nitrogens with one attached hydrogen (secondary N) is 1. The Morgan fingerprint density at radius 3 is 2.65 bits per heavy atom. The van der Waals surface area contributed by atoms with Gasteiger partial charge in [-0.25, -0.2) is 0 Å². The highest BCUT2D eigenvalue weighted by atomic mass is 79.9. The first-order valence-corrected chi connectivity index (χ1v) is 6.36. The average Bonchev–Trinajstić information content (AvgIpc) is 2.36. The lowest BCUT2D eigenvalue weighted by Gasteiger charge is -2.18. The summed E-state index contributed by atoms with van der Waals surface area (Å²) < 4.78 is 43.6. The van der Waals surface area contributed by atoms with Crippen molar-refractivity contribution in [2.75, 3.05) is 20.3 Å². The first kappa shape index (κ1) is 16.9. The van der Waals surface area contributed by atoms with Gasteiger partial charge < -0.3 is 15.2 Å². The minimum Gasteiger partial charge on any atom is -0.394 e. The van der Waals surface area contributed by atoms with Crippen LogP contribution in [0.4, 0.5) is 13.2 Å². The summed E-state index contributed by atoms with van der Waals surface area (Å²) in [6.07, 6.45) is -4.65. The van der Waals surface area contributed by atoms with Gasteiger partial charge in [-0.15, -0.1) is 0 Å². The van der Waals surface area contributed by atoms with Crippen LogP contribution >= 0.6 is 15.9 Å². The number of ether oxygens (including phenoxy) is 1. The number of benzene rings is 1. The van der Waals surface area contributed by atoms with Gasteiger partial charge in [-0.05, 0) is 18.2 Å². The molecule has 0 spiro atoms. The zero-order valence-electron chi connectivity index (χ0n) is 10.5. The number of rotatable bonds is 5. The number of carbonyl (C=O) groups excluding carboxylic acids is 1. The van der Waals surface area contributed by atoms with Gasteiger partial charge in [0, 0.05) is 11.6 Å². The van der Waals surface area contributed by atoms with Crippen molar-refractivity contribution in [1.82, 2.24) is 5.32 Å². The highest BCUT2D eigenvalue weighted by molar-refractivity contribution is 9.10. The lowest BCUT2D eigenvalue weighted by atomic mass is 10.1. The molecule has 1 atom stereocenters. The molecular weight excluding hydrogens is 343 g/mol. The Bertz CT molecular complexity index is 480. The molecule has 8 heteroatoms. The van der Waals surface area contributed by atoms with Crippen molar-refractivity contribution in [2.45, 2.75) is 12.2 Å². The van der Waals surface area contributed by atoms with Gasteiger partial charge in [-0.2, -0.15) is 13.2 Å². The molecule has 112 valence electrons. The van der Waals surface area contributed by atoms with Crippen LogP contribution in [0.25, 0.3) is 0 Å². The molecule has 0 heterocycles. The number of hydrogen-bond donors (Lipinski definition) is 2. The van der Waals surface area contributed by atoms with Crippen LogP contribution in [0.2, 0.25) is 0 Å². The molecule has 0 radical (unpaired) electrons. The van der Waals surface area contributed by atoms with E-state index in [9.17, 15) is 18.0 Å². The third-order valence-electron chi connectivity index (χ3n) is 2.46. The molecule has 0 aliphatic rings. The second-order valence-corrected chi connectivity index (χ2v) is 4.91. The van der Waals surface area contributed by atoms with Gasteiger partial charge >= 0.3 is 6.18 Å².